The summed E-state index contributed by atoms with van der Waals surface area (Å²) in [7, 11) is 0. The van der Waals surface area contributed by atoms with Crippen LogP contribution in [-0.2, 0) is 4.79 Å². The Labute approximate surface area is 129 Å². The Morgan fingerprint density at radius 2 is 2.30 bits per heavy atom. The van der Waals surface area contributed by atoms with Gasteiger partial charge in [0.2, 0.25) is 0 Å². The zero-order valence-corrected chi connectivity index (χ0v) is 13.5. The number of amidine groups is 1. The van der Waals surface area contributed by atoms with Crippen molar-refractivity contribution >= 4 is 44.5 Å². The normalized spacial score (nSPS) is 20.6. The minimum absolute atomic E-state index is 0.128. The number of rotatable bonds is 1. The average Bonchev–Trinajstić information content (AvgIpc) is 2.45. The van der Waals surface area contributed by atoms with Crippen LogP contribution in [-0.4, -0.2) is 28.5 Å². The number of amides is 1. The van der Waals surface area contributed by atoms with Crippen molar-refractivity contribution in [2.75, 3.05) is 6.26 Å². The van der Waals surface area contributed by atoms with Crippen LogP contribution in [0.3, 0.4) is 0 Å². The number of nitrogens with one attached hydrogen (secondary N) is 1. The SMILES string of the molecule is CCC1N=c2ccc(Br)cc2=C2C(=O)NC(SC)=NN21. The van der Waals surface area contributed by atoms with Gasteiger partial charge in [-0.3, -0.25) is 15.1 Å². The lowest BCUT2D eigenvalue weighted by Gasteiger charge is -2.33. The Kier molecular flexibility index (Phi) is 3.55. The number of carbonyl (C=O) groups excluding carboxylic acids is 1. The number of fused-ring (bicyclic) bond motifs is 2. The third-order valence-electron chi connectivity index (χ3n) is 3.21. The van der Waals surface area contributed by atoms with Crippen LogP contribution in [0.2, 0.25) is 0 Å². The lowest BCUT2D eigenvalue weighted by atomic mass is 10.1. The maximum absolute atomic E-state index is 12.4. The van der Waals surface area contributed by atoms with Crippen molar-refractivity contribution in [3.8, 4) is 0 Å². The van der Waals surface area contributed by atoms with E-state index >= 15 is 0 Å². The third-order valence-corrected chi connectivity index (χ3v) is 4.27. The van der Waals surface area contributed by atoms with Crippen LogP contribution < -0.4 is 15.9 Å². The van der Waals surface area contributed by atoms with Crippen molar-refractivity contribution in [3.63, 3.8) is 0 Å². The molecular weight excluding hydrogens is 340 g/mol. The molecule has 3 rings (SSSR count). The first-order valence-corrected chi connectivity index (χ1v) is 8.26. The van der Waals surface area contributed by atoms with E-state index in [2.05, 4.69) is 31.3 Å². The second kappa shape index (κ2) is 5.21. The van der Waals surface area contributed by atoms with E-state index in [1.54, 1.807) is 5.01 Å². The number of nitrogens with zero attached hydrogens (tertiary/aromatic N) is 3. The molecule has 0 saturated heterocycles. The van der Waals surface area contributed by atoms with E-state index < -0.39 is 0 Å². The van der Waals surface area contributed by atoms with Crippen molar-refractivity contribution in [1.29, 1.82) is 0 Å². The molecule has 0 aromatic heterocycles. The van der Waals surface area contributed by atoms with E-state index in [0.717, 1.165) is 21.5 Å². The Morgan fingerprint density at radius 1 is 1.50 bits per heavy atom. The molecule has 0 fully saturated rings. The summed E-state index contributed by atoms with van der Waals surface area (Å²) in [4.78, 5) is 17.1. The summed E-state index contributed by atoms with van der Waals surface area (Å²) in [5.74, 6) is -0.128. The first kappa shape index (κ1) is 13.6. The second-order valence-corrected chi connectivity index (χ2v) is 6.15. The van der Waals surface area contributed by atoms with Crippen molar-refractivity contribution < 1.29 is 4.79 Å². The molecule has 1 N–H and O–H groups in total. The summed E-state index contributed by atoms with van der Waals surface area (Å²) in [6, 6.07) is 5.77. The molecular formula is C13H13BrN4OS. The number of hydrazone groups is 1. The highest BCUT2D eigenvalue weighted by Gasteiger charge is 2.32. The highest BCUT2D eigenvalue weighted by atomic mass is 79.9. The van der Waals surface area contributed by atoms with Gasteiger partial charge in [-0.15, -0.1) is 5.10 Å². The molecule has 20 heavy (non-hydrogen) atoms. The monoisotopic (exact) mass is 352 g/mol. The van der Waals surface area contributed by atoms with Crippen molar-refractivity contribution in [2.45, 2.75) is 19.5 Å². The van der Waals surface area contributed by atoms with Crippen LogP contribution in [0.4, 0.5) is 0 Å². The Morgan fingerprint density at radius 3 is 3.00 bits per heavy atom. The molecule has 1 aromatic rings. The van der Waals surface area contributed by atoms with Gasteiger partial charge in [0.1, 0.15) is 11.9 Å². The molecule has 7 heteroatoms. The molecule has 1 amide bonds. The minimum atomic E-state index is -0.133. The topological polar surface area (TPSA) is 57.1 Å². The molecule has 0 radical (unpaired) electrons. The molecule has 0 saturated carbocycles. The van der Waals surface area contributed by atoms with Crippen molar-refractivity contribution in [2.24, 2.45) is 10.1 Å². The van der Waals surface area contributed by atoms with Crippen molar-refractivity contribution in [3.05, 3.63) is 33.2 Å². The van der Waals surface area contributed by atoms with Crippen LogP contribution in [0.5, 0.6) is 0 Å². The maximum atomic E-state index is 12.4. The quantitative estimate of drug-likeness (QED) is 0.819. The maximum Gasteiger partial charge on any atom is 0.276 e. The first-order valence-electron chi connectivity index (χ1n) is 6.25. The fraction of sp³-hybridized carbons (Fsp3) is 0.308. The summed E-state index contributed by atoms with van der Waals surface area (Å²) in [5.41, 5.74) is 0.570. The van der Waals surface area contributed by atoms with E-state index in [1.807, 2.05) is 31.4 Å². The molecule has 0 bridgehead atoms. The van der Waals surface area contributed by atoms with Gasteiger partial charge in [-0.1, -0.05) is 34.6 Å². The van der Waals surface area contributed by atoms with Gasteiger partial charge in [-0.05, 0) is 30.9 Å². The molecule has 104 valence electrons. The largest absolute Gasteiger partial charge is 0.298 e. The molecule has 2 aliphatic heterocycles. The van der Waals surface area contributed by atoms with E-state index in [0.29, 0.717) is 10.9 Å². The van der Waals surface area contributed by atoms with Crippen LogP contribution in [0.25, 0.3) is 5.70 Å². The number of benzene rings is 1. The fourth-order valence-electron chi connectivity index (χ4n) is 2.28. The summed E-state index contributed by atoms with van der Waals surface area (Å²) in [5, 5.41) is 11.3. The van der Waals surface area contributed by atoms with Gasteiger partial charge < -0.3 is 0 Å². The molecule has 1 aromatic carbocycles. The Bertz CT molecular complexity index is 730. The van der Waals surface area contributed by atoms with E-state index in [4.69, 9.17) is 0 Å². The minimum Gasteiger partial charge on any atom is -0.298 e. The standard InChI is InChI=1S/C13H13BrN4OS/c1-3-10-15-9-5-4-7(14)6-8(9)11-12(19)16-13(20-2)17-18(10)11/h4-6,10H,3H2,1-2H3,(H,16,17,19). The molecule has 5 nitrogen and oxygen atoms in total. The smallest absolute Gasteiger partial charge is 0.276 e. The average molecular weight is 353 g/mol. The molecule has 2 heterocycles. The summed E-state index contributed by atoms with van der Waals surface area (Å²) in [6.45, 7) is 2.04. The number of halogens is 1. The molecule has 0 aliphatic carbocycles. The van der Waals surface area contributed by atoms with Crippen molar-refractivity contribution in [1.82, 2.24) is 10.3 Å². The molecule has 0 spiro atoms. The molecule has 1 atom stereocenters. The first-order chi connectivity index (χ1) is 9.63. The lowest BCUT2D eigenvalue weighted by Crippen LogP contribution is -2.52. The molecule has 2 aliphatic rings. The summed E-state index contributed by atoms with van der Waals surface area (Å²) in [6.07, 6.45) is 2.54. The number of thioether (sulfide) groups is 1. The number of carbonyl (C=O) groups is 1. The van der Waals surface area contributed by atoms with Gasteiger partial charge in [0, 0.05) is 9.69 Å². The van der Waals surface area contributed by atoms with E-state index in [-0.39, 0.29) is 12.1 Å². The highest BCUT2D eigenvalue weighted by Crippen LogP contribution is 2.21. The third kappa shape index (κ3) is 2.14. The van der Waals surface area contributed by atoms with Crippen LogP contribution >= 0.6 is 27.7 Å². The van der Waals surface area contributed by atoms with Crippen LogP contribution in [0.15, 0.2) is 32.8 Å². The predicted molar refractivity (Wildman–Crippen MR) is 83.3 cm³/mol. The summed E-state index contributed by atoms with van der Waals surface area (Å²) < 4.78 is 0.918. The lowest BCUT2D eigenvalue weighted by molar-refractivity contribution is -0.116. The highest BCUT2D eigenvalue weighted by molar-refractivity contribution is 9.10. The van der Waals surface area contributed by atoms with Gasteiger partial charge in [0.15, 0.2) is 5.17 Å². The Balaban J connectivity index is 2.32. The van der Waals surface area contributed by atoms with E-state index in [9.17, 15) is 4.79 Å². The summed E-state index contributed by atoms with van der Waals surface area (Å²) >= 11 is 4.85. The van der Waals surface area contributed by atoms with E-state index in [1.165, 1.54) is 11.8 Å². The Hall–Kier alpha value is -1.34. The number of hydrogen-bond acceptors (Lipinski definition) is 5. The van der Waals surface area contributed by atoms with Gasteiger partial charge in [0.25, 0.3) is 5.91 Å². The van der Waals surface area contributed by atoms with Gasteiger partial charge >= 0.3 is 0 Å². The zero-order valence-electron chi connectivity index (χ0n) is 11.1. The zero-order chi connectivity index (χ0) is 14.3. The molecule has 1 unspecified atom stereocenters. The predicted octanol–water partition coefficient (Wildman–Crippen LogP) is 0.992. The number of hydrogen-bond donors (Lipinski definition) is 1. The van der Waals surface area contributed by atoms with Crippen LogP contribution in [0.1, 0.15) is 13.3 Å². The van der Waals surface area contributed by atoms with Crippen LogP contribution in [0, 0.1) is 0 Å². The van der Waals surface area contributed by atoms with Gasteiger partial charge in [-0.25, -0.2) is 5.01 Å². The van der Waals surface area contributed by atoms with Gasteiger partial charge in [-0.2, -0.15) is 0 Å². The van der Waals surface area contributed by atoms with Gasteiger partial charge in [0.05, 0.1) is 5.36 Å². The second-order valence-electron chi connectivity index (χ2n) is 4.44. The fourth-order valence-corrected chi connectivity index (χ4v) is 3.00.